The maximum absolute atomic E-state index is 11.4. The van der Waals surface area contributed by atoms with Gasteiger partial charge in [-0.25, -0.2) is 0 Å². The summed E-state index contributed by atoms with van der Waals surface area (Å²) in [6, 6.07) is 8.52. The fourth-order valence-corrected chi connectivity index (χ4v) is 2.58. The average molecular weight is 232 g/mol. The lowest BCUT2D eigenvalue weighted by Crippen LogP contribution is -2.48. The number of carbonyl (C=O) groups is 1. The Morgan fingerprint density at radius 3 is 2.94 bits per heavy atom. The molecule has 0 bridgehead atoms. The zero-order valence-corrected chi connectivity index (χ0v) is 10.3. The van der Waals surface area contributed by atoms with Crippen LogP contribution >= 0.6 is 0 Å². The van der Waals surface area contributed by atoms with Gasteiger partial charge in [0.15, 0.2) is 0 Å². The highest BCUT2D eigenvalue weighted by Gasteiger charge is 2.29. The van der Waals surface area contributed by atoms with Gasteiger partial charge in [0, 0.05) is 6.04 Å². The van der Waals surface area contributed by atoms with Gasteiger partial charge in [-0.2, -0.15) is 0 Å². The smallest absolute Gasteiger partial charge is 0.222 e. The van der Waals surface area contributed by atoms with E-state index in [4.69, 9.17) is 5.73 Å². The molecular weight excluding hydrogens is 212 g/mol. The third-order valence-electron chi connectivity index (χ3n) is 3.65. The second-order valence-corrected chi connectivity index (χ2v) is 4.84. The first-order valence-electron chi connectivity index (χ1n) is 6.25. The molecule has 3 N–H and O–H groups in total. The second-order valence-electron chi connectivity index (χ2n) is 4.84. The van der Waals surface area contributed by atoms with Gasteiger partial charge >= 0.3 is 0 Å². The number of amides is 1. The number of piperidine rings is 1. The predicted molar refractivity (Wildman–Crippen MR) is 68.6 cm³/mol. The molecule has 1 heterocycles. The molecule has 2 rings (SSSR count). The summed E-state index contributed by atoms with van der Waals surface area (Å²) in [6.07, 6.45) is 2.84. The van der Waals surface area contributed by atoms with Gasteiger partial charge < -0.3 is 11.1 Å². The lowest BCUT2D eigenvalue weighted by atomic mass is 9.85. The molecule has 1 amide bonds. The van der Waals surface area contributed by atoms with Crippen molar-refractivity contribution in [1.29, 1.82) is 0 Å². The van der Waals surface area contributed by atoms with Gasteiger partial charge in [0.05, 0.1) is 5.92 Å². The number of primary amides is 1. The Morgan fingerprint density at radius 2 is 2.24 bits per heavy atom. The van der Waals surface area contributed by atoms with Crippen molar-refractivity contribution >= 4 is 5.91 Å². The van der Waals surface area contributed by atoms with E-state index in [9.17, 15) is 4.79 Å². The van der Waals surface area contributed by atoms with Gasteiger partial charge in [-0.05, 0) is 43.9 Å². The largest absolute Gasteiger partial charge is 0.369 e. The van der Waals surface area contributed by atoms with Crippen LogP contribution in [-0.2, 0) is 11.2 Å². The molecule has 1 aromatic rings. The molecule has 2 unspecified atom stereocenters. The molecule has 0 radical (unpaired) electrons. The van der Waals surface area contributed by atoms with E-state index >= 15 is 0 Å². The number of hydrogen-bond donors (Lipinski definition) is 2. The molecule has 1 fully saturated rings. The molecule has 0 aromatic heterocycles. The van der Waals surface area contributed by atoms with Gasteiger partial charge in [-0.15, -0.1) is 0 Å². The quantitative estimate of drug-likeness (QED) is 0.827. The van der Waals surface area contributed by atoms with Crippen molar-refractivity contribution in [2.24, 2.45) is 11.7 Å². The van der Waals surface area contributed by atoms with Gasteiger partial charge in [-0.3, -0.25) is 4.79 Å². The summed E-state index contributed by atoms with van der Waals surface area (Å²) in [6.45, 7) is 3.10. The number of nitrogens with two attached hydrogens (primary N) is 1. The highest BCUT2D eigenvalue weighted by Crippen LogP contribution is 2.21. The molecule has 1 aliphatic rings. The molecule has 1 saturated heterocycles. The lowest BCUT2D eigenvalue weighted by Gasteiger charge is -2.31. The topological polar surface area (TPSA) is 55.1 Å². The van der Waals surface area contributed by atoms with Crippen LogP contribution in [0.5, 0.6) is 0 Å². The SMILES string of the molecule is Cc1ccccc1CC1NCCCC1C(N)=O. The summed E-state index contributed by atoms with van der Waals surface area (Å²) in [7, 11) is 0. The predicted octanol–water partition coefficient (Wildman–Crippen LogP) is 1.39. The van der Waals surface area contributed by atoms with Crippen LogP contribution in [0.2, 0.25) is 0 Å². The normalized spacial score (nSPS) is 24.5. The molecule has 1 aromatic carbocycles. The van der Waals surface area contributed by atoms with Gasteiger partial charge in [-0.1, -0.05) is 24.3 Å². The highest BCUT2D eigenvalue weighted by molar-refractivity contribution is 5.77. The Labute approximate surface area is 102 Å². The van der Waals surface area contributed by atoms with E-state index in [0.29, 0.717) is 0 Å². The van der Waals surface area contributed by atoms with Crippen molar-refractivity contribution in [2.45, 2.75) is 32.2 Å². The zero-order valence-electron chi connectivity index (χ0n) is 10.3. The van der Waals surface area contributed by atoms with E-state index < -0.39 is 0 Å². The van der Waals surface area contributed by atoms with Crippen molar-refractivity contribution in [3.05, 3.63) is 35.4 Å². The minimum absolute atomic E-state index is 0.0247. The highest BCUT2D eigenvalue weighted by atomic mass is 16.1. The first-order valence-corrected chi connectivity index (χ1v) is 6.25. The average Bonchev–Trinajstić information content (AvgIpc) is 2.32. The summed E-state index contributed by atoms with van der Waals surface area (Å²) < 4.78 is 0. The van der Waals surface area contributed by atoms with Crippen LogP contribution < -0.4 is 11.1 Å². The Balaban J connectivity index is 2.11. The van der Waals surface area contributed by atoms with Crippen LogP contribution in [0.25, 0.3) is 0 Å². The van der Waals surface area contributed by atoms with E-state index in [1.54, 1.807) is 0 Å². The van der Waals surface area contributed by atoms with Gasteiger partial charge in [0.2, 0.25) is 5.91 Å². The first-order chi connectivity index (χ1) is 8.18. The minimum Gasteiger partial charge on any atom is -0.369 e. The van der Waals surface area contributed by atoms with Crippen LogP contribution in [0.15, 0.2) is 24.3 Å². The summed E-state index contributed by atoms with van der Waals surface area (Å²) in [4.78, 5) is 11.4. The molecule has 3 nitrogen and oxygen atoms in total. The third kappa shape index (κ3) is 2.86. The third-order valence-corrected chi connectivity index (χ3v) is 3.65. The van der Waals surface area contributed by atoms with Crippen molar-refractivity contribution < 1.29 is 4.79 Å². The molecule has 0 aliphatic carbocycles. The molecule has 17 heavy (non-hydrogen) atoms. The molecule has 0 saturated carbocycles. The molecule has 92 valence electrons. The van der Waals surface area contributed by atoms with E-state index in [1.807, 2.05) is 12.1 Å². The maximum Gasteiger partial charge on any atom is 0.222 e. The lowest BCUT2D eigenvalue weighted by molar-refractivity contribution is -0.123. The van der Waals surface area contributed by atoms with Crippen molar-refractivity contribution in [3.63, 3.8) is 0 Å². The Kier molecular flexibility index (Phi) is 3.79. The van der Waals surface area contributed by atoms with E-state index in [0.717, 1.165) is 25.8 Å². The number of benzene rings is 1. The molecule has 1 aliphatic heterocycles. The maximum atomic E-state index is 11.4. The van der Waals surface area contributed by atoms with Crippen LogP contribution in [0.3, 0.4) is 0 Å². The van der Waals surface area contributed by atoms with E-state index in [1.165, 1.54) is 11.1 Å². The monoisotopic (exact) mass is 232 g/mol. The fourth-order valence-electron chi connectivity index (χ4n) is 2.58. The van der Waals surface area contributed by atoms with Gasteiger partial charge in [0.1, 0.15) is 0 Å². The number of nitrogens with one attached hydrogen (secondary N) is 1. The number of carbonyl (C=O) groups excluding carboxylic acids is 1. The van der Waals surface area contributed by atoms with E-state index in [-0.39, 0.29) is 17.9 Å². The van der Waals surface area contributed by atoms with Crippen molar-refractivity contribution in [1.82, 2.24) is 5.32 Å². The fraction of sp³-hybridized carbons (Fsp3) is 0.500. The molecule has 3 heteroatoms. The summed E-state index contributed by atoms with van der Waals surface area (Å²) >= 11 is 0. The van der Waals surface area contributed by atoms with Crippen molar-refractivity contribution in [3.8, 4) is 0 Å². The summed E-state index contributed by atoms with van der Waals surface area (Å²) in [5.74, 6) is -0.195. The summed E-state index contributed by atoms with van der Waals surface area (Å²) in [5, 5.41) is 3.43. The first kappa shape index (κ1) is 12.1. The van der Waals surface area contributed by atoms with Crippen LogP contribution in [-0.4, -0.2) is 18.5 Å². The Hall–Kier alpha value is -1.35. The Morgan fingerprint density at radius 1 is 1.47 bits per heavy atom. The molecular formula is C14H20N2O. The van der Waals surface area contributed by atoms with E-state index in [2.05, 4.69) is 24.4 Å². The number of rotatable bonds is 3. The van der Waals surface area contributed by atoms with Crippen LogP contribution in [0, 0.1) is 12.8 Å². The second kappa shape index (κ2) is 5.32. The zero-order chi connectivity index (χ0) is 12.3. The minimum atomic E-state index is -0.171. The molecule has 0 spiro atoms. The number of aryl methyl sites for hydroxylation is 1. The summed E-state index contributed by atoms with van der Waals surface area (Å²) in [5.41, 5.74) is 8.05. The standard InChI is InChI=1S/C14H20N2O/c1-10-5-2-3-6-11(10)9-13-12(14(15)17)7-4-8-16-13/h2-3,5-6,12-13,16H,4,7-9H2,1H3,(H2,15,17). The van der Waals surface area contributed by atoms with Crippen molar-refractivity contribution in [2.75, 3.05) is 6.54 Å². The molecule has 2 atom stereocenters. The number of hydrogen-bond acceptors (Lipinski definition) is 2. The van der Waals surface area contributed by atoms with Crippen LogP contribution in [0.1, 0.15) is 24.0 Å². The van der Waals surface area contributed by atoms with Gasteiger partial charge in [0.25, 0.3) is 0 Å². The van der Waals surface area contributed by atoms with Crippen LogP contribution in [0.4, 0.5) is 0 Å². The Bertz CT molecular complexity index is 403.